The molecule has 1 aromatic rings. The van der Waals surface area contributed by atoms with Crippen LogP contribution in [0.25, 0.3) is 0 Å². The first-order valence-corrected chi connectivity index (χ1v) is 7.02. The Labute approximate surface area is 113 Å². The van der Waals surface area contributed by atoms with Crippen molar-refractivity contribution < 1.29 is 4.79 Å². The largest absolute Gasteiger partial charge is 0.348 e. The van der Waals surface area contributed by atoms with E-state index in [1.807, 2.05) is 19.9 Å². The minimum absolute atomic E-state index is 0.119. The summed E-state index contributed by atoms with van der Waals surface area (Å²) in [6.07, 6.45) is 7.71. The van der Waals surface area contributed by atoms with Gasteiger partial charge in [-0.15, -0.1) is 0 Å². The number of aromatic nitrogens is 1. The Hall–Kier alpha value is -1.09. The predicted molar refractivity (Wildman–Crippen MR) is 72.4 cm³/mol. The van der Waals surface area contributed by atoms with Gasteiger partial charge in [-0.25, -0.2) is 0 Å². The number of amides is 1. The van der Waals surface area contributed by atoms with Crippen molar-refractivity contribution in [2.45, 2.75) is 45.6 Å². The summed E-state index contributed by atoms with van der Waals surface area (Å²) in [5, 5.41) is 3.61. The van der Waals surface area contributed by atoms with Crippen LogP contribution in [-0.2, 0) is 4.79 Å². The van der Waals surface area contributed by atoms with E-state index < -0.39 is 0 Å². The average Bonchev–Trinajstić information content (AvgIpc) is 2.90. The molecule has 1 aliphatic heterocycles. The number of rotatable bonds is 1. The monoisotopic (exact) mass is 266 g/mol. The second-order valence-electron chi connectivity index (χ2n) is 4.71. The van der Waals surface area contributed by atoms with Gasteiger partial charge < -0.3 is 5.32 Å². The van der Waals surface area contributed by atoms with Crippen LogP contribution in [-0.4, -0.2) is 10.9 Å². The highest BCUT2D eigenvalue weighted by molar-refractivity contribution is 6.30. The summed E-state index contributed by atoms with van der Waals surface area (Å²) in [6.45, 7) is 4.00. The van der Waals surface area contributed by atoms with Crippen molar-refractivity contribution in [2.24, 2.45) is 5.41 Å². The zero-order valence-electron chi connectivity index (χ0n) is 10.9. The van der Waals surface area contributed by atoms with Crippen LogP contribution in [0.4, 0.5) is 0 Å². The van der Waals surface area contributed by atoms with Gasteiger partial charge in [-0.3, -0.25) is 9.78 Å². The quantitative estimate of drug-likeness (QED) is 0.791. The number of carbonyl (C=O) groups excluding carboxylic acids is 1. The maximum Gasteiger partial charge on any atom is 0.229 e. The molecule has 1 N–H and O–H groups in total. The highest BCUT2D eigenvalue weighted by Crippen LogP contribution is 2.53. The second kappa shape index (κ2) is 5.27. The van der Waals surface area contributed by atoms with Gasteiger partial charge in [-0.2, -0.15) is 0 Å². The zero-order valence-corrected chi connectivity index (χ0v) is 11.6. The molecule has 4 heteroatoms. The number of halogens is 1. The summed E-state index contributed by atoms with van der Waals surface area (Å²) in [5.74, 6) is 0.204. The lowest BCUT2D eigenvalue weighted by Crippen LogP contribution is -2.59. The number of nitrogens with zero attached hydrogens (tertiary/aromatic N) is 1. The summed E-state index contributed by atoms with van der Waals surface area (Å²) in [6, 6.07) is 2.02. The standard InChI is InChI=1S/C12H13ClN2O.C2H6/c13-9-5-8(6-14-7-9)10-12(11(16)15-10)3-1-2-4-12;1-2/h5-7,10H,1-4H2,(H,15,16);1-2H3. The van der Waals surface area contributed by atoms with Crippen molar-refractivity contribution in [3.05, 3.63) is 29.0 Å². The fourth-order valence-corrected chi connectivity index (χ4v) is 3.16. The van der Waals surface area contributed by atoms with Gasteiger partial charge in [0.25, 0.3) is 0 Å². The Balaban J connectivity index is 0.000000574. The molecule has 1 amide bonds. The van der Waals surface area contributed by atoms with Crippen LogP contribution in [0.2, 0.25) is 5.02 Å². The Morgan fingerprint density at radius 1 is 1.33 bits per heavy atom. The van der Waals surface area contributed by atoms with Crippen molar-refractivity contribution >= 4 is 17.5 Å². The molecule has 3 nitrogen and oxygen atoms in total. The molecule has 98 valence electrons. The van der Waals surface area contributed by atoms with Crippen molar-refractivity contribution in [3.63, 3.8) is 0 Å². The molecule has 0 bridgehead atoms. The maximum absolute atomic E-state index is 11.8. The second-order valence-corrected chi connectivity index (χ2v) is 5.14. The molecular formula is C14H19ClN2O. The highest BCUT2D eigenvalue weighted by atomic mass is 35.5. The molecule has 18 heavy (non-hydrogen) atoms. The summed E-state index contributed by atoms with van der Waals surface area (Å²) in [7, 11) is 0. The van der Waals surface area contributed by atoms with Gasteiger partial charge in [0.1, 0.15) is 0 Å². The van der Waals surface area contributed by atoms with Crippen LogP contribution < -0.4 is 5.32 Å². The first-order valence-electron chi connectivity index (χ1n) is 6.64. The van der Waals surface area contributed by atoms with Gasteiger partial charge in [0.2, 0.25) is 5.91 Å². The smallest absolute Gasteiger partial charge is 0.229 e. The number of carbonyl (C=O) groups is 1. The van der Waals surface area contributed by atoms with E-state index in [1.165, 1.54) is 0 Å². The number of pyridine rings is 1. The molecule has 1 aliphatic carbocycles. The summed E-state index contributed by atoms with van der Waals surface area (Å²) in [4.78, 5) is 15.8. The zero-order chi connectivity index (χ0) is 13.2. The van der Waals surface area contributed by atoms with E-state index in [1.54, 1.807) is 12.4 Å². The fourth-order valence-electron chi connectivity index (χ4n) is 2.98. The molecule has 2 fully saturated rings. The number of hydrogen-bond donors (Lipinski definition) is 1. The van der Waals surface area contributed by atoms with E-state index in [-0.39, 0.29) is 17.4 Å². The molecule has 2 aliphatic rings. The normalized spacial score (nSPS) is 23.9. The van der Waals surface area contributed by atoms with Crippen molar-refractivity contribution in [3.8, 4) is 0 Å². The molecule has 0 radical (unpaired) electrons. The molecule has 1 aromatic heterocycles. The van der Waals surface area contributed by atoms with E-state index in [4.69, 9.17) is 11.6 Å². The predicted octanol–water partition coefficient (Wildman–Crippen LogP) is 3.49. The van der Waals surface area contributed by atoms with Gasteiger partial charge in [-0.05, 0) is 24.5 Å². The summed E-state index contributed by atoms with van der Waals surface area (Å²) >= 11 is 5.93. The van der Waals surface area contributed by atoms with Gasteiger partial charge in [0.05, 0.1) is 16.5 Å². The molecule has 1 atom stereocenters. The molecule has 1 unspecified atom stereocenters. The van der Waals surface area contributed by atoms with E-state index in [9.17, 15) is 4.79 Å². The third-order valence-corrected chi connectivity index (χ3v) is 4.04. The lowest BCUT2D eigenvalue weighted by atomic mass is 9.69. The van der Waals surface area contributed by atoms with Crippen molar-refractivity contribution in [1.29, 1.82) is 0 Å². The van der Waals surface area contributed by atoms with Crippen LogP contribution in [0, 0.1) is 5.41 Å². The SMILES string of the molecule is CC.O=C1NC(c2cncc(Cl)c2)C12CCCC2. The van der Waals surface area contributed by atoms with E-state index >= 15 is 0 Å². The number of hydrogen-bond acceptors (Lipinski definition) is 2. The molecule has 0 aromatic carbocycles. The molecule has 1 saturated carbocycles. The molecule has 3 rings (SSSR count). The van der Waals surface area contributed by atoms with Gasteiger partial charge in [-0.1, -0.05) is 38.3 Å². The Morgan fingerprint density at radius 2 is 2.00 bits per heavy atom. The van der Waals surface area contributed by atoms with Crippen LogP contribution in [0.3, 0.4) is 0 Å². The minimum Gasteiger partial charge on any atom is -0.348 e. The van der Waals surface area contributed by atoms with Crippen LogP contribution in [0.5, 0.6) is 0 Å². The summed E-state index contributed by atoms with van der Waals surface area (Å²) in [5.41, 5.74) is 0.876. The van der Waals surface area contributed by atoms with Gasteiger partial charge in [0.15, 0.2) is 0 Å². The van der Waals surface area contributed by atoms with Gasteiger partial charge in [0, 0.05) is 12.4 Å². The topological polar surface area (TPSA) is 42.0 Å². The number of β-lactam (4-membered cyclic amide) rings is 1. The third-order valence-electron chi connectivity index (χ3n) is 3.84. The van der Waals surface area contributed by atoms with E-state index in [2.05, 4.69) is 10.3 Å². The molecular weight excluding hydrogens is 248 g/mol. The Morgan fingerprint density at radius 3 is 2.56 bits per heavy atom. The molecule has 1 spiro atoms. The maximum atomic E-state index is 11.8. The summed E-state index contributed by atoms with van der Waals surface area (Å²) < 4.78 is 0. The van der Waals surface area contributed by atoms with Crippen LogP contribution in [0.15, 0.2) is 18.5 Å². The Bertz CT molecular complexity index is 441. The fraction of sp³-hybridized carbons (Fsp3) is 0.571. The lowest BCUT2D eigenvalue weighted by Gasteiger charge is -2.46. The minimum atomic E-state index is -0.160. The number of nitrogens with one attached hydrogen (secondary N) is 1. The molecule has 1 saturated heterocycles. The van der Waals surface area contributed by atoms with Crippen LogP contribution in [0.1, 0.15) is 51.1 Å². The van der Waals surface area contributed by atoms with Crippen molar-refractivity contribution in [1.82, 2.24) is 10.3 Å². The van der Waals surface area contributed by atoms with E-state index in [0.29, 0.717) is 5.02 Å². The first-order chi connectivity index (χ1) is 8.72. The first kappa shape index (κ1) is 13.3. The lowest BCUT2D eigenvalue weighted by molar-refractivity contribution is -0.145. The third kappa shape index (κ3) is 2.01. The average molecular weight is 267 g/mol. The van der Waals surface area contributed by atoms with Crippen LogP contribution >= 0.6 is 11.6 Å². The highest BCUT2D eigenvalue weighted by Gasteiger charge is 2.56. The van der Waals surface area contributed by atoms with E-state index in [0.717, 1.165) is 31.2 Å². The molecule has 2 heterocycles. The Kier molecular flexibility index (Phi) is 3.91. The van der Waals surface area contributed by atoms with Gasteiger partial charge >= 0.3 is 0 Å². The van der Waals surface area contributed by atoms with Crippen molar-refractivity contribution in [2.75, 3.05) is 0 Å².